The number of carbonyl (C=O) groups is 2. The molecule has 162 valence electrons. The van der Waals surface area contributed by atoms with Crippen molar-refractivity contribution in [3.05, 3.63) is 27.7 Å². The van der Waals surface area contributed by atoms with Crippen molar-refractivity contribution in [2.24, 2.45) is 5.92 Å². The highest BCUT2D eigenvalue weighted by molar-refractivity contribution is 9.10. The maximum Gasteiger partial charge on any atom is 0.407 e. The SMILES string of the molecule is COC(=O)c1cc(Br)cc(NC(C)C2CCC(NC(=O)OC(C)(C)C)CC2)c1C. The molecule has 0 aliphatic heterocycles. The van der Waals surface area contributed by atoms with Crippen molar-refractivity contribution < 1.29 is 19.1 Å². The number of hydrogen-bond donors (Lipinski definition) is 2. The summed E-state index contributed by atoms with van der Waals surface area (Å²) in [6.07, 6.45) is 3.56. The summed E-state index contributed by atoms with van der Waals surface area (Å²) < 4.78 is 11.1. The van der Waals surface area contributed by atoms with E-state index in [1.54, 1.807) is 6.07 Å². The number of amides is 1. The van der Waals surface area contributed by atoms with E-state index in [1.165, 1.54) is 7.11 Å². The molecule has 1 atom stereocenters. The number of alkyl carbamates (subject to hydrolysis) is 1. The second-order valence-electron chi connectivity index (χ2n) is 8.81. The molecule has 0 saturated heterocycles. The molecular formula is C22H33BrN2O4. The van der Waals surface area contributed by atoms with Crippen LogP contribution in [-0.4, -0.2) is 36.9 Å². The molecular weight excluding hydrogens is 436 g/mol. The Morgan fingerprint density at radius 3 is 2.34 bits per heavy atom. The summed E-state index contributed by atoms with van der Waals surface area (Å²) in [5.74, 6) is 0.153. The van der Waals surface area contributed by atoms with E-state index in [2.05, 4.69) is 33.5 Å². The van der Waals surface area contributed by atoms with E-state index in [4.69, 9.17) is 9.47 Å². The number of hydrogen-bond acceptors (Lipinski definition) is 5. The van der Waals surface area contributed by atoms with Gasteiger partial charge in [-0.25, -0.2) is 9.59 Å². The number of benzene rings is 1. The van der Waals surface area contributed by atoms with Crippen LogP contribution in [0.15, 0.2) is 16.6 Å². The Balaban J connectivity index is 1.93. The molecule has 0 bridgehead atoms. The van der Waals surface area contributed by atoms with Gasteiger partial charge in [-0.1, -0.05) is 15.9 Å². The molecule has 1 unspecified atom stereocenters. The molecule has 2 N–H and O–H groups in total. The Bertz CT molecular complexity index is 737. The average Bonchev–Trinajstić information content (AvgIpc) is 2.62. The van der Waals surface area contributed by atoms with Crippen LogP contribution in [0, 0.1) is 12.8 Å². The third-order valence-corrected chi connectivity index (χ3v) is 5.82. The summed E-state index contributed by atoms with van der Waals surface area (Å²) in [5, 5.41) is 6.57. The lowest BCUT2D eigenvalue weighted by atomic mass is 9.82. The van der Waals surface area contributed by atoms with E-state index in [1.807, 2.05) is 33.8 Å². The number of nitrogens with one attached hydrogen (secondary N) is 2. The first-order valence-corrected chi connectivity index (χ1v) is 10.9. The van der Waals surface area contributed by atoms with Gasteiger partial charge >= 0.3 is 12.1 Å². The molecule has 2 rings (SSSR count). The van der Waals surface area contributed by atoms with Crippen molar-refractivity contribution in [3.63, 3.8) is 0 Å². The van der Waals surface area contributed by atoms with E-state index < -0.39 is 5.60 Å². The van der Waals surface area contributed by atoms with Crippen molar-refractivity contribution in [1.82, 2.24) is 5.32 Å². The molecule has 1 amide bonds. The maximum atomic E-state index is 12.0. The lowest BCUT2D eigenvalue weighted by Gasteiger charge is -2.34. The Labute approximate surface area is 182 Å². The molecule has 1 fully saturated rings. The molecule has 1 aliphatic carbocycles. The van der Waals surface area contributed by atoms with Crippen LogP contribution in [0.2, 0.25) is 0 Å². The van der Waals surface area contributed by atoms with Crippen molar-refractivity contribution in [3.8, 4) is 0 Å². The van der Waals surface area contributed by atoms with Gasteiger partial charge in [0.25, 0.3) is 0 Å². The lowest BCUT2D eigenvalue weighted by Crippen LogP contribution is -2.42. The fourth-order valence-corrected chi connectivity index (χ4v) is 4.21. The highest BCUT2D eigenvalue weighted by atomic mass is 79.9. The molecule has 0 spiro atoms. The molecule has 6 nitrogen and oxygen atoms in total. The van der Waals surface area contributed by atoms with Gasteiger partial charge in [0, 0.05) is 22.2 Å². The number of esters is 1. The first-order chi connectivity index (χ1) is 13.5. The van der Waals surface area contributed by atoms with Gasteiger partial charge < -0.3 is 20.1 Å². The van der Waals surface area contributed by atoms with Crippen LogP contribution in [-0.2, 0) is 9.47 Å². The Morgan fingerprint density at radius 2 is 1.79 bits per heavy atom. The third-order valence-electron chi connectivity index (χ3n) is 5.36. The maximum absolute atomic E-state index is 12.0. The number of ether oxygens (including phenoxy) is 2. The minimum absolute atomic E-state index is 0.159. The monoisotopic (exact) mass is 468 g/mol. The molecule has 0 aromatic heterocycles. The van der Waals surface area contributed by atoms with E-state index in [9.17, 15) is 9.59 Å². The molecule has 7 heteroatoms. The second-order valence-corrected chi connectivity index (χ2v) is 9.72. The van der Waals surface area contributed by atoms with E-state index in [0.29, 0.717) is 11.5 Å². The van der Waals surface area contributed by atoms with Crippen molar-refractivity contribution >= 4 is 33.7 Å². The van der Waals surface area contributed by atoms with Gasteiger partial charge in [-0.15, -0.1) is 0 Å². The van der Waals surface area contributed by atoms with Crippen LogP contribution in [0.25, 0.3) is 0 Å². The summed E-state index contributed by atoms with van der Waals surface area (Å²) in [4.78, 5) is 24.0. The Morgan fingerprint density at radius 1 is 1.17 bits per heavy atom. The van der Waals surface area contributed by atoms with E-state index >= 15 is 0 Å². The lowest BCUT2D eigenvalue weighted by molar-refractivity contribution is 0.0485. The van der Waals surface area contributed by atoms with Crippen molar-refractivity contribution in [2.75, 3.05) is 12.4 Å². The molecule has 29 heavy (non-hydrogen) atoms. The molecule has 1 aliphatic rings. The summed E-state index contributed by atoms with van der Waals surface area (Å²) in [5.41, 5.74) is 1.89. The normalized spacial score (nSPS) is 20.5. The van der Waals surface area contributed by atoms with Gasteiger partial charge in [-0.3, -0.25) is 0 Å². The predicted octanol–water partition coefficient (Wildman–Crippen LogP) is 5.43. The first-order valence-electron chi connectivity index (χ1n) is 10.1. The van der Waals surface area contributed by atoms with Gasteiger partial charge in [0.15, 0.2) is 0 Å². The number of anilines is 1. The van der Waals surface area contributed by atoms with Crippen LogP contribution in [0.5, 0.6) is 0 Å². The largest absolute Gasteiger partial charge is 0.465 e. The van der Waals surface area contributed by atoms with Crippen LogP contribution in [0.3, 0.4) is 0 Å². The van der Waals surface area contributed by atoms with Crippen molar-refractivity contribution in [1.29, 1.82) is 0 Å². The standard InChI is InChI=1S/C22H33BrN2O4/c1-13-18(20(26)28-6)11-16(23)12-19(13)24-14(2)15-7-9-17(10-8-15)25-21(27)29-22(3,4)5/h11-12,14-15,17,24H,7-10H2,1-6H3,(H,25,27). The third kappa shape index (κ3) is 6.91. The zero-order chi connectivity index (χ0) is 21.8. The smallest absolute Gasteiger partial charge is 0.407 e. The highest BCUT2D eigenvalue weighted by Crippen LogP contribution is 2.31. The summed E-state index contributed by atoms with van der Waals surface area (Å²) in [7, 11) is 1.39. The molecule has 1 aromatic carbocycles. The fraction of sp³-hybridized carbons (Fsp3) is 0.636. The average molecular weight is 469 g/mol. The topological polar surface area (TPSA) is 76.7 Å². The minimum atomic E-state index is -0.482. The van der Waals surface area contributed by atoms with E-state index in [-0.39, 0.29) is 24.1 Å². The quantitative estimate of drug-likeness (QED) is 0.563. The first kappa shape index (κ1) is 23.5. The van der Waals surface area contributed by atoms with Gasteiger partial charge in [0.2, 0.25) is 0 Å². The molecule has 1 saturated carbocycles. The van der Waals surface area contributed by atoms with E-state index in [0.717, 1.165) is 41.4 Å². The number of rotatable bonds is 5. The van der Waals surface area contributed by atoms with Crippen LogP contribution < -0.4 is 10.6 Å². The van der Waals surface area contributed by atoms with Crippen molar-refractivity contribution in [2.45, 2.75) is 78.0 Å². The minimum Gasteiger partial charge on any atom is -0.465 e. The van der Waals surface area contributed by atoms with Gasteiger partial charge in [-0.2, -0.15) is 0 Å². The number of carbonyl (C=O) groups excluding carboxylic acids is 2. The molecule has 0 heterocycles. The summed E-state index contributed by atoms with van der Waals surface area (Å²) in [6, 6.07) is 4.18. The zero-order valence-electron chi connectivity index (χ0n) is 18.2. The second kappa shape index (κ2) is 9.83. The highest BCUT2D eigenvalue weighted by Gasteiger charge is 2.28. The van der Waals surface area contributed by atoms with Crippen LogP contribution in [0.1, 0.15) is 69.3 Å². The predicted molar refractivity (Wildman–Crippen MR) is 118 cm³/mol. The summed E-state index contributed by atoms with van der Waals surface area (Å²) >= 11 is 3.48. The number of halogens is 1. The van der Waals surface area contributed by atoms with Gasteiger partial charge in [0.05, 0.1) is 12.7 Å². The van der Waals surface area contributed by atoms with Crippen LogP contribution in [0.4, 0.5) is 10.5 Å². The molecule has 1 aromatic rings. The Kier molecular flexibility index (Phi) is 7.97. The van der Waals surface area contributed by atoms with Gasteiger partial charge in [-0.05, 0) is 83.9 Å². The van der Waals surface area contributed by atoms with Crippen LogP contribution >= 0.6 is 15.9 Å². The molecule has 0 radical (unpaired) electrons. The Hall–Kier alpha value is -1.76. The number of methoxy groups -OCH3 is 1. The fourth-order valence-electron chi connectivity index (χ4n) is 3.75. The zero-order valence-corrected chi connectivity index (χ0v) is 19.8. The van der Waals surface area contributed by atoms with Gasteiger partial charge in [0.1, 0.15) is 5.60 Å². The summed E-state index contributed by atoms with van der Waals surface area (Å²) in [6.45, 7) is 9.70.